The van der Waals surface area contributed by atoms with E-state index in [1.807, 2.05) is 6.92 Å². The molecule has 0 aliphatic rings. The molecule has 0 aliphatic heterocycles. The van der Waals surface area contributed by atoms with Gasteiger partial charge in [0.15, 0.2) is 5.96 Å². The fourth-order valence-electron chi connectivity index (χ4n) is 2.19. The SMILES string of the molecule is CCC(C)NC(=O)CCNC(=NC)NCc1ccc(C)cc1C.I. The largest absolute Gasteiger partial charge is 0.356 e. The van der Waals surface area contributed by atoms with E-state index in [2.05, 4.69) is 59.9 Å². The van der Waals surface area contributed by atoms with Gasteiger partial charge in [0.05, 0.1) is 0 Å². The fourth-order valence-corrected chi connectivity index (χ4v) is 2.19. The summed E-state index contributed by atoms with van der Waals surface area (Å²) in [7, 11) is 1.73. The first-order valence-electron chi connectivity index (χ1n) is 8.26. The van der Waals surface area contributed by atoms with E-state index in [1.165, 1.54) is 16.7 Å². The van der Waals surface area contributed by atoms with Crippen LogP contribution in [0.15, 0.2) is 23.2 Å². The monoisotopic (exact) mass is 446 g/mol. The molecule has 6 heteroatoms. The van der Waals surface area contributed by atoms with Crippen molar-refractivity contribution in [2.24, 2.45) is 4.99 Å². The molecule has 3 N–H and O–H groups in total. The number of halogens is 1. The highest BCUT2D eigenvalue weighted by Crippen LogP contribution is 2.09. The highest BCUT2D eigenvalue weighted by atomic mass is 127. The van der Waals surface area contributed by atoms with Crippen molar-refractivity contribution in [1.82, 2.24) is 16.0 Å². The Labute approximate surface area is 163 Å². The van der Waals surface area contributed by atoms with Gasteiger partial charge in [-0.3, -0.25) is 9.79 Å². The minimum absolute atomic E-state index is 0. The van der Waals surface area contributed by atoms with Crippen LogP contribution in [0.3, 0.4) is 0 Å². The molecular weight excluding hydrogens is 415 g/mol. The summed E-state index contributed by atoms with van der Waals surface area (Å²) in [5.74, 6) is 0.776. The van der Waals surface area contributed by atoms with Crippen LogP contribution < -0.4 is 16.0 Å². The molecule has 24 heavy (non-hydrogen) atoms. The average molecular weight is 446 g/mol. The maximum absolute atomic E-state index is 11.7. The van der Waals surface area contributed by atoms with Gasteiger partial charge in [0.2, 0.25) is 5.91 Å². The molecule has 0 spiro atoms. The molecule has 0 saturated heterocycles. The summed E-state index contributed by atoms with van der Waals surface area (Å²) in [6, 6.07) is 6.64. The van der Waals surface area contributed by atoms with Gasteiger partial charge in [-0.2, -0.15) is 0 Å². The fraction of sp³-hybridized carbons (Fsp3) is 0.556. The topological polar surface area (TPSA) is 65.5 Å². The Balaban J connectivity index is 0.00000529. The number of nitrogens with one attached hydrogen (secondary N) is 3. The minimum atomic E-state index is 0. The zero-order valence-corrected chi connectivity index (χ0v) is 17.7. The molecule has 5 nitrogen and oxygen atoms in total. The second-order valence-electron chi connectivity index (χ2n) is 5.91. The Bertz CT molecular complexity index is 546. The van der Waals surface area contributed by atoms with Crippen molar-refractivity contribution in [2.45, 2.75) is 53.1 Å². The van der Waals surface area contributed by atoms with Crippen LogP contribution in [0, 0.1) is 13.8 Å². The second-order valence-corrected chi connectivity index (χ2v) is 5.91. The van der Waals surface area contributed by atoms with Crippen molar-refractivity contribution in [2.75, 3.05) is 13.6 Å². The van der Waals surface area contributed by atoms with E-state index in [4.69, 9.17) is 0 Å². The van der Waals surface area contributed by atoms with Gasteiger partial charge < -0.3 is 16.0 Å². The van der Waals surface area contributed by atoms with Gasteiger partial charge >= 0.3 is 0 Å². The Morgan fingerprint density at radius 2 is 1.96 bits per heavy atom. The summed E-state index contributed by atoms with van der Waals surface area (Å²) < 4.78 is 0. The standard InChI is InChI=1S/C18H30N4O.HI/c1-6-15(4)22-17(23)9-10-20-18(19-5)21-12-16-8-7-13(2)11-14(16)3;/h7-8,11,15H,6,9-10,12H2,1-5H3,(H,22,23)(H2,19,20,21);1H. The number of carbonyl (C=O) groups excluding carboxylic acids is 1. The third-order valence-electron chi connectivity index (χ3n) is 3.83. The van der Waals surface area contributed by atoms with Crippen LogP contribution in [0.5, 0.6) is 0 Å². The van der Waals surface area contributed by atoms with Crippen LogP contribution in [0.2, 0.25) is 0 Å². The van der Waals surface area contributed by atoms with Crippen molar-refractivity contribution < 1.29 is 4.79 Å². The lowest BCUT2D eigenvalue weighted by Gasteiger charge is -2.14. The third-order valence-corrected chi connectivity index (χ3v) is 3.83. The zero-order valence-electron chi connectivity index (χ0n) is 15.4. The average Bonchev–Trinajstić information content (AvgIpc) is 2.51. The molecule has 0 fully saturated rings. The van der Waals surface area contributed by atoms with E-state index in [0.29, 0.717) is 25.5 Å². The number of guanidine groups is 1. The summed E-state index contributed by atoms with van der Waals surface area (Å²) in [5.41, 5.74) is 3.77. The first-order chi connectivity index (χ1) is 11.0. The number of amides is 1. The van der Waals surface area contributed by atoms with Crippen molar-refractivity contribution in [3.05, 3.63) is 34.9 Å². The molecule has 1 aromatic carbocycles. The van der Waals surface area contributed by atoms with Gasteiger partial charge in [0.1, 0.15) is 0 Å². The van der Waals surface area contributed by atoms with Gasteiger partial charge in [-0.1, -0.05) is 30.7 Å². The van der Waals surface area contributed by atoms with Crippen molar-refractivity contribution in [3.63, 3.8) is 0 Å². The zero-order chi connectivity index (χ0) is 17.2. The Kier molecular flexibility index (Phi) is 11.4. The van der Waals surface area contributed by atoms with Crippen molar-refractivity contribution >= 4 is 35.8 Å². The number of aliphatic imine (C=N–C) groups is 1. The first-order valence-corrected chi connectivity index (χ1v) is 8.26. The molecule has 136 valence electrons. The van der Waals surface area contributed by atoms with Gasteiger partial charge in [0.25, 0.3) is 0 Å². The Hall–Kier alpha value is -1.31. The molecule has 0 bridgehead atoms. The molecule has 1 aromatic rings. The molecular formula is C18H31IN4O. The molecule has 1 amide bonds. The molecule has 1 atom stereocenters. The lowest BCUT2D eigenvalue weighted by atomic mass is 10.1. The van der Waals surface area contributed by atoms with Crippen molar-refractivity contribution in [3.8, 4) is 0 Å². The smallest absolute Gasteiger partial charge is 0.221 e. The number of carbonyl (C=O) groups is 1. The number of hydrogen-bond acceptors (Lipinski definition) is 2. The van der Waals surface area contributed by atoms with Crippen LogP contribution in [0.1, 0.15) is 43.4 Å². The summed E-state index contributed by atoms with van der Waals surface area (Å²) >= 11 is 0. The van der Waals surface area contributed by atoms with Crippen LogP contribution in [0.4, 0.5) is 0 Å². The predicted octanol–water partition coefficient (Wildman–Crippen LogP) is 2.89. The Morgan fingerprint density at radius 3 is 2.54 bits per heavy atom. The van der Waals surface area contributed by atoms with Gasteiger partial charge in [0, 0.05) is 32.6 Å². The predicted molar refractivity (Wildman–Crippen MR) is 112 cm³/mol. The van der Waals surface area contributed by atoms with E-state index >= 15 is 0 Å². The number of nitrogens with zero attached hydrogens (tertiary/aromatic N) is 1. The third kappa shape index (κ3) is 8.52. The highest BCUT2D eigenvalue weighted by molar-refractivity contribution is 14.0. The lowest BCUT2D eigenvalue weighted by Crippen LogP contribution is -2.40. The quantitative estimate of drug-likeness (QED) is 0.343. The van der Waals surface area contributed by atoms with Gasteiger partial charge in [-0.05, 0) is 38.3 Å². The van der Waals surface area contributed by atoms with Gasteiger partial charge in [-0.15, -0.1) is 24.0 Å². The lowest BCUT2D eigenvalue weighted by molar-refractivity contribution is -0.121. The summed E-state index contributed by atoms with van der Waals surface area (Å²) in [6.45, 7) is 9.55. The molecule has 0 aliphatic carbocycles. The second kappa shape index (κ2) is 12.1. The first kappa shape index (κ1) is 22.7. The van der Waals surface area contributed by atoms with E-state index in [9.17, 15) is 4.79 Å². The molecule has 0 aromatic heterocycles. The number of hydrogen-bond donors (Lipinski definition) is 3. The van der Waals surface area contributed by atoms with Gasteiger partial charge in [-0.25, -0.2) is 0 Å². The molecule has 1 rings (SSSR count). The van der Waals surface area contributed by atoms with Crippen LogP contribution in [0.25, 0.3) is 0 Å². The summed E-state index contributed by atoms with van der Waals surface area (Å²) in [4.78, 5) is 15.9. The van der Waals surface area contributed by atoms with E-state index in [0.717, 1.165) is 6.42 Å². The van der Waals surface area contributed by atoms with Crippen molar-refractivity contribution in [1.29, 1.82) is 0 Å². The van der Waals surface area contributed by atoms with E-state index in [-0.39, 0.29) is 35.9 Å². The van der Waals surface area contributed by atoms with Crippen LogP contribution in [-0.2, 0) is 11.3 Å². The Morgan fingerprint density at radius 1 is 1.25 bits per heavy atom. The molecule has 0 saturated carbocycles. The number of rotatable bonds is 7. The summed E-state index contributed by atoms with van der Waals surface area (Å²) in [5, 5.41) is 9.40. The normalized spacial score (nSPS) is 12.1. The summed E-state index contributed by atoms with van der Waals surface area (Å²) in [6.07, 6.45) is 1.38. The highest BCUT2D eigenvalue weighted by Gasteiger charge is 2.06. The van der Waals surface area contributed by atoms with Crippen LogP contribution in [-0.4, -0.2) is 31.5 Å². The molecule has 0 heterocycles. The maximum Gasteiger partial charge on any atom is 0.221 e. The maximum atomic E-state index is 11.7. The number of aryl methyl sites for hydroxylation is 2. The number of benzene rings is 1. The molecule has 1 unspecified atom stereocenters. The minimum Gasteiger partial charge on any atom is -0.356 e. The van der Waals surface area contributed by atoms with E-state index < -0.39 is 0 Å². The van der Waals surface area contributed by atoms with Crippen LogP contribution >= 0.6 is 24.0 Å². The molecule has 0 radical (unpaired) electrons. The van der Waals surface area contributed by atoms with E-state index in [1.54, 1.807) is 7.05 Å².